The number of rotatable bonds is 7. The topological polar surface area (TPSA) is 124 Å². The quantitative estimate of drug-likeness (QED) is 0.611. The van der Waals surface area contributed by atoms with Crippen molar-refractivity contribution in [1.29, 1.82) is 0 Å². The van der Waals surface area contributed by atoms with Gasteiger partial charge in [-0.3, -0.25) is 0 Å². The van der Waals surface area contributed by atoms with Crippen LogP contribution >= 0.6 is 0 Å². The third kappa shape index (κ3) is 4.35. The van der Waals surface area contributed by atoms with Gasteiger partial charge >= 0.3 is 22.0 Å². The number of ether oxygens (including phenoxy) is 1. The lowest BCUT2D eigenvalue weighted by Crippen LogP contribution is -2.68. The number of amides is 2. The number of hydrogen-bond donors (Lipinski definition) is 2. The van der Waals surface area contributed by atoms with Crippen LogP contribution in [0.4, 0.5) is 4.79 Å². The van der Waals surface area contributed by atoms with Crippen LogP contribution in [-0.2, 0) is 21.2 Å². The number of nitrogens with two attached hydrogens (primary N) is 1. The third-order valence-corrected chi connectivity index (χ3v) is 8.59. The van der Waals surface area contributed by atoms with E-state index >= 15 is 0 Å². The molecule has 1 fully saturated rings. The van der Waals surface area contributed by atoms with Gasteiger partial charge in [0.25, 0.3) is 0 Å². The summed E-state index contributed by atoms with van der Waals surface area (Å²) in [5, 5.41) is 10.2. The van der Waals surface area contributed by atoms with E-state index in [1.807, 2.05) is 30.3 Å². The standard InChI is InChI=1S/C23H28N2O6S/c1-31-19-12-14-20(15-13-19)32(29,30)25(23(24)28)16-6-5-9-18(21(25)22(26)27)11-10-17-7-3-2-4-8-17/h2-4,7-8,12-15,18,21H,5-6,9-11,16H2,1H3,(H2-,24,26,27,28)/p+1. The van der Waals surface area contributed by atoms with Crippen molar-refractivity contribution in [3.8, 4) is 5.75 Å². The molecule has 0 spiro atoms. The molecule has 9 heteroatoms. The number of aryl methyl sites for hydroxylation is 1. The maximum Gasteiger partial charge on any atom is 0.430 e. The summed E-state index contributed by atoms with van der Waals surface area (Å²) in [6.07, 6.45) is 2.52. The van der Waals surface area contributed by atoms with Gasteiger partial charge in [0.05, 0.1) is 7.11 Å². The van der Waals surface area contributed by atoms with E-state index in [4.69, 9.17) is 10.5 Å². The number of carbonyl (C=O) groups excluding carboxylic acids is 1. The lowest BCUT2D eigenvalue weighted by molar-refractivity contribution is -0.745. The van der Waals surface area contributed by atoms with E-state index in [2.05, 4.69) is 0 Å². The monoisotopic (exact) mass is 461 g/mol. The molecule has 2 amide bonds. The number of benzene rings is 2. The first-order chi connectivity index (χ1) is 15.2. The Labute approximate surface area is 188 Å². The van der Waals surface area contributed by atoms with E-state index in [-0.39, 0.29) is 11.4 Å². The highest BCUT2D eigenvalue weighted by molar-refractivity contribution is 7.86. The van der Waals surface area contributed by atoms with Crippen LogP contribution < -0.4 is 10.5 Å². The van der Waals surface area contributed by atoms with Gasteiger partial charge in [0.15, 0.2) is 0 Å². The Balaban J connectivity index is 2.07. The van der Waals surface area contributed by atoms with Gasteiger partial charge in [-0.2, -0.15) is 8.42 Å². The van der Waals surface area contributed by atoms with Crippen molar-refractivity contribution in [3.63, 3.8) is 0 Å². The average molecular weight is 462 g/mol. The molecule has 1 aliphatic rings. The maximum absolute atomic E-state index is 13.8. The number of quaternary nitrogens is 1. The number of likely N-dealkylation sites (tertiary alicyclic amines) is 1. The van der Waals surface area contributed by atoms with Crippen LogP contribution in [0.2, 0.25) is 0 Å². The van der Waals surface area contributed by atoms with Crippen molar-refractivity contribution in [2.24, 2.45) is 11.7 Å². The van der Waals surface area contributed by atoms with Gasteiger partial charge in [-0.1, -0.05) is 30.3 Å². The van der Waals surface area contributed by atoms with Gasteiger partial charge in [-0.05, 0) is 61.9 Å². The van der Waals surface area contributed by atoms with Gasteiger partial charge in [0.2, 0.25) is 6.04 Å². The van der Waals surface area contributed by atoms with E-state index in [1.165, 1.54) is 31.4 Å². The van der Waals surface area contributed by atoms with E-state index in [0.717, 1.165) is 5.56 Å². The SMILES string of the molecule is COc1ccc(S(=O)(=O)[N+]2(C(N)=O)CCCCC(CCc3ccccc3)C2C(=O)O)cc1. The first-order valence-electron chi connectivity index (χ1n) is 10.6. The second-order valence-corrected chi connectivity index (χ2v) is 10.1. The van der Waals surface area contributed by atoms with Gasteiger partial charge in [0, 0.05) is 5.92 Å². The molecule has 2 aromatic rings. The molecular weight excluding hydrogens is 432 g/mol. The van der Waals surface area contributed by atoms with Crippen molar-refractivity contribution < 1.29 is 31.7 Å². The fraction of sp³-hybridized carbons (Fsp3) is 0.391. The van der Waals surface area contributed by atoms with Crippen LogP contribution in [-0.4, -0.2) is 49.1 Å². The van der Waals surface area contributed by atoms with Gasteiger partial charge in [-0.15, -0.1) is 3.89 Å². The van der Waals surface area contributed by atoms with E-state index < -0.39 is 37.9 Å². The Kier molecular flexibility index (Phi) is 7.20. The molecule has 1 heterocycles. The van der Waals surface area contributed by atoms with Crippen molar-refractivity contribution in [2.45, 2.75) is 43.0 Å². The molecule has 172 valence electrons. The molecular formula is C23H29N2O6S+. The predicted octanol–water partition coefficient (Wildman–Crippen LogP) is 3.17. The van der Waals surface area contributed by atoms with Crippen LogP contribution in [0, 0.1) is 5.92 Å². The van der Waals surface area contributed by atoms with Crippen LogP contribution in [0.1, 0.15) is 31.2 Å². The largest absolute Gasteiger partial charge is 0.497 e. The van der Waals surface area contributed by atoms with Crippen LogP contribution in [0.25, 0.3) is 0 Å². The Bertz CT molecular complexity index is 1060. The third-order valence-electron chi connectivity index (χ3n) is 6.27. The molecule has 2 aromatic carbocycles. The number of carboxylic acids is 1. The Morgan fingerprint density at radius 2 is 1.75 bits per heavy atom. The molecule has 0 aromatic heterocycles. The first-order valence-corrected chi connectivity index (χ1v) is 12.0. The normalized spacial score (nSPS) is 23.8. The molecule has 1 aliphatic heterocycles. The van der Waals surface area contributed by atoms with Crippen LogP contribution in [0.3, 0.4) is 0 Å². The zero-order chi connectivity index (χ0) is 23.4. The number of carboxylic acid groups (broad SMARTS) is 1. The molecule has 0 bridgehead atoms. The molecule has 32 heavy (non-hydrogen) atoms. The molecule has 3 rings (SSSR count). The van der Waals surface area contributed by atoms with E-state index in [0.29, 0.717) is 37.9 Å². The highest BCUT2D eigenvalue weighted by Crippen LogP contribution is 2.38. The lowest BCUT2D eigenvalue weighted by atomic mass is 9.88. The van der Waals surface area contributed by atoms with Crippen molar-refractivity contribution in [2.75, 3.05) is 13.7 Å². The maximum atomic E-state index is 13.8. The summed E-state index contributed by atoms with van der Waals surface area (Å²) in [5.41, 5.74) is 6.74. The second kappa shape index (κ2) is 9.70. The molecule has 3 atom stereocenters. The minimum atomic E-state index is -4.45. The van der Waals surface area contributed by atoms with Crippen molar-refractivity contribution in [3.05, 3.63) is 60.2 Å². The second-order valence-electron chi connectivity index (χ2n) is 8.07. The van der Waals surface area contributed by atoms with Crippen molar-refractivity contribution >= 4 is 22.0 Å². The summed E-state index contributed by atoms with van der Waals surface area (Å²) >= 11 is 0. The molecule has 0 radical (unpaired) electrons. The molecule has 1 saturated heterocycles. The van der Waals surface area contributed by atoms with E-state index in [9.17, 15) is 23.1 Å². The zero-order valence-electron chi connectivity index (χ0n) is 18.0. The number of carbonyl (C=O) groups is 2. The summed E-state index contributed by atoms with van der Waals surface area (Å²) in [4.78, 5) is 25.2. The van der Waals surface area contributed by atoms with Gasteiger partial charge < -0.3 is 15.6 Å². The number of sulfonamides is 1. The Morgan fingerprint density at radius 3 is 2.31 bits per heavy atom. The summed E-state index contributed by atoms with van der Waals surface area (Å²) in [7, 11) is -3.00. The number of methoxy groups -OCH3 is 1. The average Bonchev–Trinajstić information content (AvgIpc) is 2.99. The fourth-order valence-corrected chi connectivity index (χ4v) is 6.66. The molecule has 0 saturated carbocycles. The van der Waals surface area contributed by atoms with Gasteiger partial charge in [0.1, 0.15) is 17.2 Å². The number of nitrogens with zero attached hydrogens (tertiary/aromatic N) is 1. The number of hydrogen-bond acceptors (Lipinski definition) is 5. The van der Waals surface area contributed by atoms with Gasteiger partial charge in [-0.25, -0.2) is 9.59 Å². The summed E-state index contributed by atoms with van der Waals surface area (Å²) in [6, 6.07) is 12.5. The Morgan fingerprint density at radius 1 is 1.09 bits per heavy atom. The number of aliphatic carboxylic acids is 1. The number of urea groups is 1. The first kappa shape index (κ1) is 23.7. The molecule has 0 aliphatic carbocycles. The lowest BCUT2D eigenvalue weighted by Gasteiger charge is -2.38. The number of primary amides is 1. The summed E-state index contributed by atoms with van der Waals surface area (Å²) in [5.74, 6) is -1.42. The minimum Gasteiger partial charge on any atom is -0.497 e. The molecule has 3 N–H and O–H groups in total. The zero-order valence-corrected chi connectivity index (χ0v) is 18.8. The highest BCUT2D eigenvalue weighted by Gasteiger charge is 2.60. The van der Waals surface area contributed by atoms with E-state index in [1.54, 1.807) is 0 Å². The van der Waals surface area contributed by atoms with Crippen molar-refractivity contribution in [1.82, 2.24) is 0 Å². The van der Waals surface area contributed by atoms with Crippen LogP contribution in [0.5, 0.6) is 5.75 Å². The highest BCUT2D eigenvalue weighted by atomic mass is 32.2. The van der Waals surface area contributed by atoms with Crippen LogP contribution in [0.15, 0.2) is 59.5 Å². The molecule has 8 nitrogen and oxygen atoms in total. The minimum absolute atomic E-state index is 0.160. The summed E-state index contributed by atoms with van der Waals surface area (Å²) < 4.78 is 31.4. The fourth-order valence-electron chi connectivity index (χ4n) is 4.64. The molecule has 3 unspecified atom stereocenters. The smallest absolute Gasteiger partial charge is 0.430 e. The predicted molar refractivity (Wildman–Crippen MR) is 118 cm³/mol. The Hall–Kier alpha value is -2.91. The summed E-state index contributed by atoms with van der Waals surface area (Å²) in [6.45, 7) is -0.178.